The van der Waals surface area contributed by atoms with Crippen molar-refractivity contribution >= 4 is 29.9 Å². The van der Waals surface area contributed by atoms with E-state index in [0.29, 0.717) is 0 Å². The van der Waals surface area contributed by atoms with Gasteiger partial charge in [-0.3, -0.25) is 0 Å². The summed E-state index contributed by atoms with van der Waals surface area (Å²) in [7, 11) is 0. The Morgan fingerprint density at radius 1 is 0.818 bits per heavy atom. The number of nitriles is 4. The first-order chi connectivity index (χ1) is 9.88. The summed E-state index contributed by atoms with van der Waals surface area (Å²) in [6, 6.07) is 6.21. The van der Waals surface area contributed by atoms with Crippen LogP contribution in [0.4, 0.5) is 13.2 Å². The summed E-state index contributed by atoms with van der Waals surface area (Å²) in [6.07, 6.45) is -4.82. The van der Waals surface area contributed by atoms with Crippen LogP contribution >= 0.6 is 0 Å². The van der Waals surface area contributed by atoms with Gasteiger partial charge in [0.15, 0.2) is 0 Å². The Balaban J connectivity index is 0.00000242. The molecule has 1 heterocycles. The van der Waals surface area contributed by atoms with Gasteiger partial charge in [-0.15, -0.1) is 0 Å². The zero-order valence-electron chi connectivity index (χ0n) is 9.87. The van der Waals surface area contributed by atoms with E-state index in [1.165, 1.54) is 0 Å². The van der Waals surface area contributed by atoms with Crippen LogP contribution in [0.1, 0.15) is 28.1 Å². The monoisotopic (exact) mass is 294 g/mol. The van der Waals surface area contributed by atoms with Crippen molar-refractivity contribution in [3.63, 3.8) is 0 Å². The van der Waals surface area contributed by atoms with Gasteiger partial charge >= 0.3 is 25.0 Å². The zero-order valence-corrected chi connectivity index (χ0v) is 9.87. The molecule has 0 unspecified atom stereocenters. The fourth-order valence-electron chi connectivity index (χ4n) is 1.81. The Morgan fingerprint density at radius 2 is 1.27 bits per heavy atom. The maximum absolute atomic E-state index is 12.7. The molecule has 2 rings (SSSR count). The molecule has 0 spiro atoms. The molecule has 2 aromatic rings. The number of benzene rings is 1. The number of halogens is 3. The van der Waals surface area contributed by atoms with E-state index in [1.54, 1.807) is 24.3 Å². The third-order valence-electron chi connectivity index (χ3n) is 2.66. The Bertz CT molecular complexity index is 861. The van der Waals surface area contributed by atoms with Crippen LogP contribution in [-0.4, -0.2) is 28.8 Å². The Hall–Kier alpha value is -2.96. The average Bonchev–Trinajstić information content (AvgIpc) is 2.88. The quantitative estimate of drug-likeness (QED) is 0.736. The molecule has 6 nitrogen and oxygen atoms in total. The maximum atomic E-state index is 12.7. The predicted octanol–water partition coefficient (Wildman–Crippen LogP) is 1.42. The van der Waals surface area contributed by atoms with Crippen molar-refractivity contribution in [2.45, 2.75) is 6.18 Å². The number of nitrogens with zero attached hydrogens (tertiary/aromatic N) is 5. The molecule has 0 amide bonds. The summed E-state index contributed by atoms with van der Waals surface area (Å²) < 4.78 is 38.0. The summed E-state index contributed by atoms with van der Waals surface area (Å²) in [5, 5.41) is 36.0. The van der Waals surface area contributed by atoms with E-state index in [2.05, 4.69) is 4.98 Å². The van der Waals surface area contributed by atoms with E-state index in [4.69, 9.17) is 21.0 Å². The number of rotatable bonds is 0. The number of imidazole rings is 1. The molecule has 0 saturated carbocycles. The molecule has 0 atom stereocenters. The van der Waals surface area contributed by atoms with Crippen molar-refractivity contribution in [2.24, 2.45) is 0 Å². The number of aromatic nitrogens is 2. The number of fused-ring (bicyclic) bond motifs is 1. The summed E-state index contributed by atoms with van der Waals surface area (Å²) in [4.78, 5) is 5.12. The molecule has 0 fully saturated rings. The molecule has 0 aliphatic heterocycles. The Labute approximate surface area is 133 Å². The van der Waals surface area contributed by atoms with Crippen molar-refractivity contribution in [3.8, 4) is 24.3 Å². The minimum absolute atomic E-state index is 0. The first kappa shape index (κ1) is 17.1. The second-order valence-corrected chi connectivity index (χ2v) is 3.75. The fourth-order valence-corrected chi connectivity index (χ4v) is 1.81. The molecule has 0 bridgehead atoms. The summed E-state index contributed by atoms with van der Waals surface area (Å²) in [6.45, 7) is 0. The predicted molar refractivity (Wildman–Crippen MR) is 67.1 cm³/mol. The van der Waals surface area contributed by atoms with Gasteiger partial charge in [0.1, 0.15) is 29.8 Å². The van der Waals surface area contributed by atoms with Gasteiger partial charge in [0, 0.05) is 0 Å². The molecule has 22 heavy (non-hydrogen) atoms. The second kappa shape index (κ2) is 5.80. The number of nitrogens with one attached hydrogen (secondary N) is 1. The van der Waals surface area contributed by atoms with E-state index in [-0.39, 0.29) is 18.9 Å². The van der Waals surface area contributed by atoms with Crippen LogP contribution in [0.2, 0.25) is 0 Å². The minimum atomic E-state index is -4.82. The third kappa shape index (κ3) is 2.37. The SMILES string of the molecule is N#Cc1c(C#N)c(C#N)c2[nH]c(C(F)(F)F)nc2c1C#N.[LiH]. The van der Waals surface area contributed by atoms with Gasteiger partial charge in [-0.1, -0.05) is 0 Å². The average molecular weight is 294 g/mol. The Morgan fingerprint density at radius 3 is 1.68 bits per heavy atom. The van der Waals surface area contributed by atoms with Crippen molar-refractivity contribution in [1.29, 1.82) is 21.0 Å². The van der Waals surface area contributed by atoms with Gasteiger partial charge < -0.3 is 4.98 Å². The molecular formula is C12H2F3LiN6. The normalized spacial score (nSPS) is 9.95. The van der Waals surface area contributed by atoms with E-state index < -0.39 is 45.3 Å². The topological polar surface area (TPSA) is 124 Å². The first-order valence-corrected chi connectivity index (χ1v) is 5.16. The van der Waals surface area contributed by atoms with E-state index in [1.807, 2.05) is 4.98 Å². The van der Waals surface area contributed by atoms with E-state index in [9.17, 15) is 13.2 Å². The summed E-state index contributed by atoms with van der Waals surface area (Å²) >= 11 is 0. The van der Waals surface area contributed by atoms with Crippen LogP contribution in [0.25, 0.3) is 11.0 Å². The van der Waals surface area contributed by atoms with Crippen molar-refractivity contribution in [3.05, 3.63) is 28.1 Å². The van der Waals surface area contributed by atoms with Crippen LogP contribution in [-0.2, 0) is 6.18 Å². The summed E-state index contributed by atoms with van der Waals surface area (Å²) in [5.41, 5.74) is -2.71. The van der Waals surface area contributed by atoms with Gasteiger partial charge in [-0.05, 0) is 0 Å². The van der Waals surface area contributed by atoms with Crippen LogP contribution in [0.15, 0.2) is 0 Å². The Kier molecular flexibility index (Phi) is 4.51. The third-order valence-corrected chi connectivity index (χ3v) is 2.66. The van der Waals surface area contributed by atoms with Gasteiger partial charge in [-0.2, -0.15) is 34.2 Å². The molecule has 1 aromatic heterocycles. The molecule has 1 aromatic carbocycles. The molecule has 0 radical (unpaired) electrons. The number of aromatic amines is 1. The van der Waals surface area contributed by atoms with Crippen molar-refractivity contribution in [1.82, 2.24) is 9.97 Å². The fraction of sp³-hybridized carbons (Fsp3) is 0.0833. The van der Waals surface area contributed by atoms with Crippen molar-refractivity contribution < 1.29 is 13.2 Å². The molecule has 0 aliphatic carbocycles. The standard InChI is InChI=1S/C12HF3N6.Li.H/c13-12(14,15)11-20-9-7(3-18)5(1-16)6(2-17)8(4-19)10(9)21-11;;/h(H,20,21);;. The molecule has 102 valence electrons. The van der Waals surface area contributed by atoms with Gasteiger partial charge in [-0.25, -0.2) is 4.98 Å². The number of hydrogen-bond acceptors (Lipinski definition) is 5. The number of H-pyrrole nitrogens is 1. The number of hydrogen-bond donors (Lipinski definition) is 1. The molecular weight excluding hydrogens is 292 g/mol. The molecule has 0 saturated heterocycles. The molecule has 1 N–H and O–H groups in total. The summed E-state index contributed by atoms with van der Waals surface area (Å²) in [5.74, 6) is -1.41. The zero-order chi connectivity index (χ0) is 15.8. The van der Waals surface area contributed by atoms with Crippen LogP contribution in [0.5, 0.6) is 0 Å². The van der Waals surface area contributed by atoms with E-state index >= 15 is 0 Å². The first-order valence-electron chi connectivity index (χ1n) is 5.16. The van der Waals surface area contributed by atoms with Gasteiger partial charge in [0.2, 0.25) is 5.82 Å². The van der Waals surface area contributed by atoms with Crippen LogP contribution in [0, 0.1) is 45.3 Å². The van der Waals surface area contributed by atoms with Gasteiger partial charge in [0.05, 0.1) is 27.8 Å². The van der Waals surface area contributed by atoms with Gasteiger partial charge in [0.25, 0.3) is 0 Å². The second-order valence-electron chi connectivity index (χ2n) is 3.75. The van der Waals surface area contributed by atoms with Crippen molar-refractivity contribution in [2.75, 3.05) is 0 Å². The molecule has 10 heteroatoms. The number of alkyl halides is 3. The van der Waals surface area contributed by atoms with Crippen LogP contribution < -0.4 is 0 Å². The van der Waals surface area contributed by atoms with Crippen LogP contribution in [0.3, 0.4) is 0 Å². The van der Waals surface area contributed by atoms with E-state index in [0.717, 1.165) is 0 Å². The molecule has 0 aliphatic rings.